The van der Waals surface area contributed by atoms with E-state index in [0.29, 0.717) is 25.4 Å². The Balaban J connectivity index is 1.22. The number of fused-ring (bicyclic) bond motifs is 1. The Morgan fingerprint density at radius 2 is 1.61 bits per heavy atom. The van der Waals surface area contributed by atoms with Crippen molar-refractivity contribution < 1.29 is 19.0 Å². The maximum absolute atomic E-state index is 12.0. The summed E-state index contributed by atoms with van der Waals surface area (Å²) in [5.41, 5.74) is 2.11. The van der Waals surface area contributed by atoms with E-state index in [4.69, 9.17) is 19.2 Å². The number of nitrogens with one attached hydrogen (secondary N) is 1. The van der Waals surface area contributed by atoms with Crippen molar-refractivity contribution in [3.05, 3.63) is 84.7 Å². The van der Waals surface area contributed by atoms with Crippen LogP contribution in [-0.4, -0.2) is 42.3 Å². The molecule has 7 nitrogen and oxygen atoms in total. The van der Waals surface area contributed by atoms with Crippen LogP contribution in [0.15, 0.2) is 78.9 Å². The number of ether oxygens (including phenoxy) is 3. The largest absolute Gasteiger partial charge is 0.493 e. The number of unbranched alkanes of at least 4 members (excludes halogenated alkanes) is 2. The molecule has 0 aliphatic heterocycles. The van der Waals surface area contributed by atoms with Crippen molar-refractivity contribution >= 4 is 16.9 Å². The number of para-hydroxylation sites is 5. The number of aromatic nitrogens is 2. The maximum Gasteiger partial charge on any atom is 0.257 e. The molecule has 188 valence electrons. The first-order chi connectivity index (χ1) is 17.7. The summed E-state index contributed by atoms with van der Waals surface area (Å²) in [6, 6.07) is 25.2. The van der Waals surface area contributed by atoms with Gasteiger partial charge in [-0.1, -0.05) is 48.9 Å². The zero-order chi connectivity index (χ0) is 25.0. The third kappa shape index (κ3) is 7.01. The number of methoxy groups -OCH3 is 1. The average Bonchev–Trinajstić information content (AvgIpc) is 3.27. The van der Waals surface area contributed by atoms with Gasteiger partial charge in [-0.2, -0.15) is 0 Å². The second-order valence-corrected chi connectivity index (χ2v) is 8.43. The van der Waals surface area contributed by atoms with Crippen molar-refractivity contribution in [1.29, 1.82) is 0 Å². The molecule has 36 heavy (non-hydrogen) atoms. The normalized spacial score (nSPS) is 10.8. The summed E-state index contributed by atoms with van der Waals surface area (Å²) in [5.74, 6) is 3.12. The van der Waals surface area contributed by atoms with Crippen molar-refractivity contribution in [3.8, 4) is 17.2 Å². The quantitative estimate of drug-likeness (QED) is 0.253. The number of rotatable bonds is 14. The van der Waals surface area contributed by atoms with Crippen LogP contribution in [0.1, 0.15) is 25.1 Å². The fourth-order valence-electron chi connectivity index (χ4n) is 4.08. The predicted octanol–water partition coefficient (Wildman–Crippen LogP) is 5.03. The highest BCUT2D eigenvalue weighted by atomic mass is 16.5. The van der Waals surface area contributed by atoms with Gasteiger partial charge in [-0.05, 0) is 49.2 Å². The summed E-state index contributed by atoms with van der Waals surface area (Å²) in [6.07, 6.45) is 3.77. The van der Waals surface area contributed by atoms with Gasteiger partial charge in [0, 0.05) is 13.0 Å². The summed E-state index contributed by atoms with van der Waals surface area (Å²) in [7, 11) is 1.65. The third-order valence-electron chi connectivity index (χ3n) is 5.89. The molecule has 0 spiro atoms. The van der Waals surface area contributed by atoms with E-state index in [2.05, 4.69) is 16.0 Å². The van der Waals surface area contributed by atoms with Gasteiger partial charge in [-0.3, -0.25) is 4.79 Å². The van der Waals surface area contributed by atoms with E-state index in [9.17, 15) is 4.79 Å². The highest BCUT2D eigenvalue weighted by Gasteiger charge is 2.11. The minimum absolute atomic E-state index is 0.0327. The molecule has 1 heterocycles. The molecular formula is C29H33N3O4. The van der Waals surface area contributed by atoms with E-state index in [0.717, 1.165) is 54.0 Å². The number of amides is 1. The lowest BCUT2D eigenvalue weighted by Crippen LogP contribution is -2.29. The van der Waals surface area contributed by atoms with E-state index in [1.807, 2.05) is 72.8 Å². The number of aryl methyl sites for hydroxylation is 1. The SMILES string of the molecule is COc1ccccc1OCCn1c(CCCCCNC(=O)COc2ccccc2)nc2ccccc21. The Morgan fingerprint density at radius 3 is 2.44 bits per heavy atom. The van der Waals surface area contributed by atoms with Gasteiger partial charge >= 0.3 is 0 Å². The van der Waals surface area contributed by atoms with E-state index in [1.165, 1.54) is 0 Å². The van der Waals surface area contributed by atoms with Gasteiger partial charge in [-0.15, -0.1) is 0 Å². The first kappa shape index (κ1) is 25.1. The number of carbonyl (C=O) groups is 1. The zero-order valence-electron chi connectivity index (χ0n) is 20.7. The van der Waals surface area contributed by atoms with Crippen molar-refractivity contribution in [2.45, 2.75) is 32.2 Å². The second kappa shape index (κ2) is 13.2. The summed E-state index contributed by atoms with van der Waals surface area (Å²) in [5, 5.41) is 2.93. The Hall–Kier alpha value is -4.00. The first-order valence-corrected chi connectivity index (χ1v) is 12.4. The van der Waals surface area contributed by atoms with Crippen molar-refractivity contribution in [2.75, 3.05) is 26.9 Å². The molecule has 0 fully saturated rings. The number of carbonyl (C=O) groups excluding carboxylic acids is 1. The van der Waals surface area contributed by atoms with Crippen LogP contribution in [0, 0.1) is 0 Å². The number of hydrogen-bond donors (Lipinski definition) is 1. The summed E-state index contributed by atoms with van der Waals surface area (Å²) < 4.78 is 19.1. The standard InChI is InChI=1S/C29H33N3O4/c1-34-26-16-9-10-17-27(26)35-21-20-32-25-15-8-7-14-24(25)31-28(32)18-6-3-11-19-30-29(33)22-36-23-12-4-2-5-13-23/h2,4-5,7-10,12-17H,3,6,11,18-22H2,1H3,(H,30,33). The van der Waals surface area contributed by atoms with Crippen molar-refractivity contribution in [3.63, 3.8) is 0 Å². The molecule has 0 unspecified atom stereocenters. The molecule has 1 aromatic heterocycles. The monoisotopic (exact) mass is 487 g/mol. The molecule has 1 amide bonds. The fraction of sp³-hybridized carbons (Fsp3) is 0.310. The van der Waals surface area contributed by atoms with Crippen LogP contribution in [0.25, 0.3) is 11.0 Å². The Kier molecular flexibility index (Phi) is 9.19. The Morgan fingerprint density at radius 1 is 0.861 bits per heavy atom. The Bertz CT molecular complexity index is 1240. The van der Waals surface area contributed by atoms with Crippen LogP contribution in [0.2, 0.25) is 0 Å². The van der Waals surface area contributed by atoms with E-state index < -0.39 is 0 Å². The molecule has 0 radical (unpaired) electrons. The molecule has 0 aliphatic carbocycles. The van der Waals surface area contributed by atoms with E-state index in [-0.39, 0.29) is 12.5 Å². The van der Waals surface area contributed by atoms with Crippen LogP contribution in [0.5, 0.6) is 17.2 Å². The van der Waals surface area contributed by atoms with Crippen LogP contribution in [-0.2, 0) is 17.8 Å². The van der Waals surface area contributed by atoms with E-state index in [1.54, 1.807) is 7.11 Å². The van der Waals surface area contributed by atoms with Crippen LogP contribution < -0.4 is 19.5 Å². The lowest BCUT2D eigenvalue weighted by Gasteiger charge is -2.13. The van der Waals surface area contributed by atoms with Gasteiger partial charge in [0.2, 0.25) is 0 Å². The van der Waals surface area contributed by atoms with Crippen molar-refractivity contribution in [1.82, 2.24) is 14.9 Å². The summed E-state index contributed by atoms with van der Waals surface area (Å²) in [6.45, 7) is 1.89. The van der Waals surface area contributed by atoms with Crippen LogP contribution in [0.3, 0.4) is 0 Å². The zero-order valence-corrected chi connectivity index (χ0v) is 20.7. The number of benzene rings is 3. The third-order valence-corrected chi connectivity index (χ3v) is 5.89. The molecule has 3 aromatic carbocycles. The molecule has 0 saturated carbocycles. The second-order valence-electron chi connectivity index (χ2n) is 8.43. The number of nitrogens with zero attached hydrogens (tertiary/aromatic N) is 2. The molecule has 1 N–H and O–H groups in total. The molecular weight excluding hydrogens is 454 g/mol. The van der Waals surface area contributed by atoms with Gasteiger partial charge in [-0.25, -0.2) is 4.98 Å². The number of imidazole rings is 1. The van der Waals surface area contributed by atoms with Gasteiger partial charge in [0.1, 0.15) is 18.2 Å². The van der Waals surface area contributed by atoms with Gasteiger partial charge in [0.05, 0.1) is 24.7 Å². The molecule has 0 atom stereocenters. The average molecular weight is 488 g/mol. The minimum atomic E-state index is -0.101. The van der Waals surface area contributed by atoms with E-state index >= 15 is 0 Å². The van der Waals surface area contributed by atoms with Crippen LogP contribution in [0.4, 0.5) is 0 Å². The lowest BCUT2D eigenvalue weighted by atomic mass is 10.2. The Labute approximate surface area is 212 Å². The maximum atomic E-state index is 12.0. The van der Waals surface area contributed by atoms with Crippen molar-refractivity contribution in [2.24, 2.45) is 0 Å². The smallest absolute Gasteiger partial charge is 0.257 e. The van der Waals surface area contributed by atoms with Gasteiger partial charge in [0.15, 0.2) is 18.1 Å². The molecule has 4 rings (SSSR count). The summed E-state index contributed by atoms with van der Waals surface area (Å²) in [4.78, 5) is 16.9. The van der Waals surface area contributed by atoms with Gasteiger partial charge < -0.3 is 24.1 Å². The predicted molar refractivity (Wildman–Crippen MR) is 141 cm³/mol. The number of hydrogen-bond acceptors (Lipinski definition) is 5. The van der Waals surface area contributed by atoms with Crippen LogP contribution >= 0.6 is 0 Å². The topological polar surface area (TPSA) is 74.6 Å². The first-order valence-electron chi connectivity index (χ1n) is 12.4. The molecule has 0 aliphatic rings. The lowest BCUT2D eigenvalue weighted by molar-refractivity contribution is -0.123. The highest BCUT2D eigenvalue weighted by Crippen LogP contribution is 2.26. The fourth-order valence-corrected chi connectivity index (χ4v) is 4.08. The highest BCUT2D eigenvalue weighted by molar-refractivity contribution is 5.77. The molecule has 4 aromatic rings. The summed E-state index contributed by atoms with van der Waals surface area (Å²) >= 11 is 0. The minimum Gasteiger partial charge on any atom is -0.493 e. The molecule has 0 saturated heterocycles. The molecule has 0 bridgehead atoms. The molecule has 7 heteroatoms. The van der Waals surface area contributed by atoms with Gasteiger partial charge in [0.25, 0.3) is 5.91 Å².